The fourth-order valence-electron chi connectivity index (χ4n) is 1.59. The lowest BCUT2D eigenvalue weighted by molar-refractivity contribution is 0.0793. The molecule has 1 amide bonds. The van der Waals surface area contributed by atoms with Gasteiger partial charge in [-0.05, 0) is 31.0 Å². The van der Waals surface area contributed by atoms with Gasteiger partial charge in [-0.2, -0.15) is 0 Å². The molecule has 1 aromatic carbocycles. The van der Waals surface area contributed by atoms with E-state index in [1.54, 1.807) is 17.0 Å². The minimum Gasteiger partial charge on any atom is -0.342 e. The zero-order chi connectivity index (χ0) is 13.5. The highest BCUT2D eigenvalue weighted by Gasteiger charge is 2.14. The van der Waals surface area contributed by atoms with Crippen molar-refractivity contribution in [2.24, 2.45) is 0 Å². The standard InChI is InChI=1S/C13H16Br2ClNO/c1-17(8-4-2-3-7-14)13(18)11-6-5-10(15)9-12(11)16/h5-6,9H,2-4,7-8H2,1H3. The summed E-state index contributed by atoms with van der Waals surface area (Å²) in [6.45, 7) is 0.762. The molecule has 5 heteroatoms. The second-order valence-electron chi connectivity index (χ2n) is 4.10. The van der Waals surface area contributed by atoms with Crippen LogP contribution in [-0.4, -0.2) is 29.7 Å². The molecule has 1 rings (SSSR count). The van der Waals surface area contributed by atoms with Gasteiger partial charge in [0.2, 0.25) is 0 Å². The SMILES string of the molecule is CN(CCCCCBr)C(=O)c1ccc(Br)cc1Cl. The number of hydrogen-bond donors (Lipinski definition) is 0. The van der Waals surface area contributed by atoms with Crippen LogP contribution in [0.5, 0.6) is 0 Å². The summed E-state index contributed by atoms with van der Waals surface area (Å²) >= 11 is 12.8. The monoisotopic (exact) mass is 395 g/mol. The number of carbonyl (C=O) groups is 1. The lowest BCUT2D eigenvalue weighted by atomic mass is 10.2. The van der Waals surface area contributed by atoms with E-state index >= 15 is 0 Å². The van der Waals surface area contributed by atoms with E-state index in [1.807, 2.05) is 13.1 Å². The molecule has 0 unspecified atom stereocenters. The third kappa shape index (κ3) is 4.90. The summed E-state index contributed by atoms with van der Waals surface area (Å²) < 4.78 is 0.879. The maximum atomic E-state index is 12.2. The number of halogens is 3. The highest BCUT2D eigenvalue weighted by Crippen LogP contribution is 2.22. The first-order valence-corrected chi connectivity index (χ1v) is 8.12. The van der Waals surface area contributed by atoms with Crippen LogP contribution in [0.1, 0.15) is 29.6 Å². The molecule has 0 aliphatic heterocycles. The predicted molar refractivity (Wildman–Crippen MR) is 83.8 cm³/mol. The van der Waals surface area contributed by atoms with E-state index in [2.05, 4.69) is 31.9 Å². The van der Waals surface area contributed by atoms with Gasteiger partial charge in [0.15, 0.2) is 0 Å². The lowest BCUT2D eigenvalue weighted by Gasteiger charge is -2.17. The molecule has 0 spiro atoms. The summed E-state index contributed by atoms with van der Waals surface area (Å²) in [5, 5.41) is 1.50. The summed E-state index contributed by atoms with van der Waals surface area (Å²) in [7, 11) is 1.81. The van der Waals surface area contributed by atoms with Crippen molar-refractivity contribution < 1.29 is 4.79 Å². The summed E-state index contributed by atoms with van der Waals surface area (Å²) in [6.07, 6.45) is 3.28. The molecule has 0 radical (unpaired) electrons. The Labute approximate surface area is 130 Å². The lowest BCUT2D eigenvalue weighted by Crippen LogP contribution is -2.28. The Morgan fingerprint density at radius 2 is 2.06 bits per heavy atom. The third-order valence-electron chi connectivity index (χ3n) is 2.64. The minimum absolute atomic E-state index is 0.0219. The number of carbonyl (C=O) groups excluding carboxylic acids is 1. The molecule has 0 aromatic heterocycles. The van der Waals surface area contributed by atoms with Crippen LogP contribution in [0.3, 0.4) is 0 Å². The maximum Gasteiger partial charge on any atom is 0.255 e. The largest absolute Gasteiger partial charge is 0.342 e. The molecule has 0 bridgehead atoms. The van der Waals surface area contributed by atoms with E-state index in [1.165, 1.54) is 0 Å². The molecule has 0 saturated heterocycles. The Balaban J connectivity index is 2.57. The van der Waals surface area contributed by atoms with Crippen molar-refractivity contribution in [2.75, 3.05) is 18.9 Å². The topological polar surface area (TPSA) is 20.3 Å². The van der Waals surface area contributed by atoms with Crippen molar-refractivity contribution in [1.29, 1.82) is 0 Å². The fraction of sp³-hybridized carbons (Fsp3) is 0.462. The Hall–Kier alpha value is -0.0600. The maximum absolute atomic E-state index is 12.2. The molecule has 100 valence electrons. The normalized spacial score (nSPS) is 10.4. The van der Waals surface area contributed by atoms with E-state index in [9.17, 15) is 4.79 Å². The molecule has 0 N–H and O–H groups in total. The molecular weight excluding hydrogens is 381 g/mol. The summed E-state index contributed by atoms with van der Waals surface area (Å²) in [5.41, 5.74) is 0.558. The van der Waals surface area contributed by atoms with Crippen LogP contribution in [0.2, 0.25) is 5.02 Å². The van der Waals surface area contributed by atoms with Crippen LogP contribution in [-0.2, 0) is 0 Å². The Kier molecular flexibility index (Phi) is 7.27. The van der Waals surface area contributed by atoms with Crippen molar-refractivity contribution in [3.8, 4) is 0 Å². The van der Waals surface area contributed by atoms with Crippen molar-refractivity contribution in [2.45, 2.75) is 19.3 Å². The van der Waals surface area contributed by atoms with E-state index in [0.717, 1.165) is 35.6 Å². The van der Waals surface area contributed by atoms with Gasteiger partial charge in [-0.3, -0.25) is 4.79 Å². The Morgan fingerprint density at radius 3 is 2.67 bits per heavy atom. The molecular formula is C13H16Br2ClNO. The third-order valence-corrected chi connectivity index (χ3v) is 4.00. The molecule has 18 heavy (non-hydrogen) atoms. The van der Waals surface area contributed by atoms with Gasteiger partial charge >= 0.3 is 0 Å². The minimum atomic E-state index is -0.0219. The molecule has 0 aliphatic rings. The molecule has 0 aliphatic carbocycles. The van der Waals surface area contributed by atoms with Gasteiger partial charge in [0.05, 0.1) is 10.6 Å². The average molecular weight is 398 g/mol. The summed E-state index contributed by atoms with van der Waals surface area (Å²) in [4.78, 5) is 13.9. The number of benzene rings is 1. The van der Waals surface area contributed by atoms with Crippen LogP contribution in [0.4, 0.5) is 0 Å². The first-order chi connectivity index (χ1) is 8.56. The number of rotatable bonds is 6. The number of alkyl halides is 1. The van der Waals surface area contributed by atoms with Gasteiger partial charge in [-0.25, -0.2) is 0 Å². The number of nitrogens with zero attached hydrogens (tertiary/aromatic N) is 1. The van der Waals surface area contributed by atoms with Crippen LogP contribution in [0.25, 0.3) is 0 Å². The zero-order valence-corrected chi connectivity index (χ0v) is 14.2. The quantitative estimate of drug-likeness (QED) is 0.502. The van der Waals surface area contributed by atoms with Crippen molar-refractivity contribution in [3.63, 3.8) is 0 Å². The van der Waals surface area contributed by atoms with Crippen molar-refractivity contribution in [3.05, 3.63) is 33.3 Å². The number of hydrogen-bond acceptors (Lipinski definition) is 1. The average Bonchev–Trinajstić information content (AvgIpc) is 2.33. The Bertz CT molecular complexity index is 412. The van der Waals surface area contributed by atoms with Crippen LogP contribution in [0, 0.1) is 0 Å². The highest BCUT2D eigenvalue weighted by molar-refractivity contribution is 9.10. The van der Waals surface area contributed by atoms with Crippen molar-refractivity contribution in [1.82, 2.24) is 4.90 Å². The van der Waals surface area contributed by atoms with Crippen LogP contribution >= 0.6 is 43.5 Å². The zero-order valence-electron chi connectivity index (χ0n) is 10.3. The van der Waals surface area contributed by atoms with Gasteiger partial charge in [-0.15, -0.1) is 0 Å². The van der Waals surface area contributed by atoms with Gasteiger partial charge in [0, 0.05) is 23.4 Å². The molecule has 0 saturated carbocycles. The first-order valence-electron chi connectivity index (χ1n) is 5.82. The highest BCUT2D eigenvalue weighted by atomic mass is 79.9. The van der Waals surface area contributed by atoms with Crippen LogP contribution < -0.4 is 0 Å². The number of amides is 1. The number of unbranched alkanes of at least 4 members (excludes halogenated alkanes) is 2. The first kappa shape index (κ1) is 16.0. The summed E-state index contributed by atoms with van der Waals surface area (Å²) in [5.74, 6) is -0.0219. The Morgan fingerprint density at radius 1 is 1.33 bits per heavy atom. The van der Waals surface area contributed by atoms with Gasteiger partial charge in [0.25, 0.3) is 5.91 Å². The fourth-order valence-corrected chi connectivity index (χ4v) is 2.74. The van der Waals surface area contributed by atoms with E-state index in [4.69, 9.17) is 11.6 Å². The molecule has 1 aromatic rings. The molecule has 0 heterocycles. The molecule has 0 atom stereocenters. The smallest absolute Gasteiger partial charge is 0.255 e. The van der Waals surface area contributed by atoms with Gasteiger partial charge < -0.3 is 4.90 Å². The summed E-state index contributed by atoms with van der Waals surface area (Å²) in [6, 6.07) is 5.33. The van der Waals surface area contributed by atoms with Crippen molar-refractivity contribution >= 4 is 49.4 Å². The molecule has 2 nitrogen and oxygen atoms in total. The van der Waals surface area contributed by atoms with E-state index in [-0.39, 0.29) is 5.91 Å². The second kappa shape index (κ2) is 8.18. The molecule has 0 fully saturated rings. The second-order valence-corrected chi connectivity index (χ2v) is 6.22. The predicted octanol–water partition coefficient (Wildman–Crippen LogP) is 4.74. The van der Waals surface area contributed by atoms with Crippen LogP contribution in [0.15, 0.2) is 22.7 Å². The van der Waals surface area contributed by atoms with Gasteiger partial charge in [-0.1, -0.05) is 49.9 Å². The van der Waals surface area contributed by atoms with E-state index < -0.39 is 0 Å². The van der Waals surface area contributed by atoms with Gasteiger partial charge in [0.1, 0.15) is 0 Å². The van der Waals surface area contributed by atoms with E-state index in [0.29, 0.717) is 10.6 Å².